The third-order valence-electron chi connectivity index (χ3n) is 6.05. The smallest absolute Gasteiger partial charge is 0.228 e. The van der Waals surface area contributed by atoms with Crippen LogP contribution in [0, 0.1) is 0 Å². The van der Waals surface area contributed by atoms with Crippen molar-refractivity contribution in [1.29, 1.82) is 0 Å². The van der Waals surface area contributed by atoms with E-state index in [0.29, 0.717) is 19.2 Å². The first-order chi connectivity index (χ1) is 16.1. The fourth-order valence-corrected chi connectivity index (χ4v) is 4.22. The molecule has 2 aromatic carbocycles. The molecule has 0 atom stereocenters. The lowest BCUT2D eigenvalue weighted by Crippen LogP contribution is -2.37. The molecule has 0 saturated carbocycles. The van der Waals surface area contributed by atoms with E-state index in [-0.39, 0.29) is 0 Å². The third kappa shape index (κ3) is 3.66. The Balaban J connectivity index is 1.42. The second kappa shape index (κ2) is 7.86. The molecule has 5 aromatic rings. The summed E-state index contributed by atoms with van der Waals surface area (Å²) in [4.78, 5) is 16.4. The van der Waals surface area contributed by atoms with Crippen LogP contribution >= 0.6 is 0 Å². The van der Waals surface area contributed by atoms with Gasteiger partial charge in [0.15, 0.2) is 0 Å². The number of aromatic nitrogens is 6. The molecular formula is C24H24N8O. The van der Waals surface area contributed by atoms with Crippen molar-refractivity contribution in [3.63, 3.8) is 0 Å². The minimum Gasteiger partial charge on any atom is -0.378 e. The summed E-state index contributed by atoms with van der Waals surface area (Å²) in [5, 5.41) is 8.93. The number of fused-ring (bicyclic) bond motifs is 2. The second-order valence-electron chi connectivity index (χ2n) is 8.26. The Morgan fingerprint density at radius 1 is 0.939 bits per heavy atom. The lowest BCUT2D eigenvalue weighted by atomic mass is 10.1. The number of aryl methyl sites for hydroxylation is 2. The molecule has 1 aliphatic rings. The normalized spacial score (nSPS) is 14.3. The molecule has 3 aromatic heterocycles. The highest BCUT2D eigenvalue weighted by Crippen LogP contribution is 2.28. The fourth-order valence-electron chi connectivity index (χ4n) is 4.22. The van der Waals surface area contributed by atoms with Crippen molar-refractivity contribution < 1.29 is 4.74 Å². The van der Waals surface area contributed by atoms with Crippen molar-refractivity contribution in [2.75, 3.05) is 36.5 Å². The number of hydrogen-bond donors (Lipinski definition) is 1. The molecule has 0 radical (unpaired) electrons. The van der Waals surface area contributed by atoms with Gasteiger partial charge >= 0.3 is 0 Å². The number of nitrogens with one attached hydrogen (secondary N) is 1. The van der Waals surface area contributed by atoms with Crippen molar-refractivity contribution in [2.45, 2.75) is 0 Å². The Hall–Kier alpha value is -3.98. The highest BCUT2D eigenvalue weighted by Gasteiger charge is 2.17. The van der Waals surface area contributed by atoms with E-state index in [4.69, 9.17) is 14.7 Å². The van der Waals surface area contributed by atoms with Crippen LogP contribution in [-0.4, -0.2) is 55.6 Å². The molecule has 4 heterocycles. The Labute approximate surface area is 190 Å². The Bertz CT molecular complexity index is 1460. The van der Waals surface area contributed by atoms with Gasteiger partial charge in [0.1, 0.15) is 5.82 Å². The van der Waals surface area contributed by atoms with Crippen molar-refractivity contribution in [3.8, 4) is 11.3 Å². The molecule has 9 heteroatoms. The molecule has 1 saturated heterocycles. The predicted molar refractivity (Wildman–Crippen MR) is 129 cm³/mol. The van der Waals surface area contributed by atoms with E-state index < -0.39 is 0 Å². The minimum atomic E-state index is 0.674. The number of morpholine rings is 1. The molecule has 6 rings (SSSR count). The number of rotatable bonds is 4. The molecule has 0 bridgehead atoms. The second-order valence-corrected chi connectivity index (χ2v) is 8.26. The van der Waals surface area contributed by atoms with E-state index in [2.05, 4.69) is 44.6 Å². The maximum atomic E-state index is 5.53. The summed E-state index contributed by atoms with van der Waals surface area (Å²) in [6.07, 6.45) is 3.70. The van der Waals surface area contributed by atoms with Gasteiger partial charge in [-0.1, -0.05) is 12.1 Å². The summed E-state index contributed by atoms with van der Waals surface area (Å²) in [5.41, 5.74) is 5.89. The fraction of sp³-hybridized carbons (Fsp3) is 0.250. The van der Waals surface area contributed by atoms with Crippen LogP contribution in [0.4, 0.5) is 17.5 Å². The van der Waals surface area contributed by atoms with E-state index >= 15 is 0 Å². The van der Waals surface area contributed by atoms with E-state index in [1.54, 1.807) is 0 Å². The number of anilines is 3. The highest BCUT2D eigenvalue weighted by atomic mass is 16.5. The zero-order valence-corrected chi connectivity index (χ0v) is 18.6. The van der Waals surface area contributed by atoms with Gasteiger partial charge in [0.05, 0.1) is 48.0 Å². The van der Waals surface area contributed by atoms with Crippen LogP contribution in [0.1, 0.15) is 0 Å². The zero-order valence-electron chi connectivity index (χ0n) is 18.6. The van der Waals surface area contributed by atoms with E-state index in [1.165, 1.54) is 0 Å². The van der Waals surface area contributed by atoms with E-state index in [1.807, 2.05) is 54.1 Å². The maximum absolute atomic E-state index is 5.53. The molecule has 33 heavy (non-hydrogen) atoms. The summed E-state index contributed by atoms with van der Waals surface area (Å²) in [6.45, 7) is 2.88. The predicted octanol–water partition coefficient (Wildman–Crippen LogP) is 3.50. The summed E-state index contributed by atoms with van der Waals surface area (Å²) in [7, 11) is 3.94. The van der Waals surface area contributed by atoms with Crippen LogP contribution in [0.15, 0.2) is 55.0 Å². The lowest BCUT2D eigenvalue weighted by Gasteiger charge is -2.27. The first kappa shape index (κ1) is 19.7. The first-order valence-electron chi connectivity index (χ1n) is 11.0. The van der Waals surface area contributed by atoms with Gasteiger partial charge in [-0.15, -0.1) is 0 Å². The molecule has 9 nitrogen and oxygen atoms in total. The van der Waals surface area contributed by atoms with E-state index in [0.717, 1.165) is 57.8 Å². The Morgan fingerprint density at radius 2 is 1.82 bits per heavy atom. The van der Waals surface area contributed by atoms with Gasteiger partial charge in [-0.05, 0) is 24.3 Å². The summed E-state index contributed by atoms with van der Waals surface area (Å²) < 4.78 is 9.41. The molecule has 1 fully saturated rings. The van der Waals surface area contributed by atoms with Crippen molar-refractivity contribution in [2.24, 2.45) is 14.1 Å². The summed E-state index contributed by atoms with van der Waals surface area (Å²) >= 11 is 0. The largest absolute Gasteiger partial charge is 0.378 e. The van der Waals surface area contributed by atoms with Gasteiger partial charge in [0, 0.05) is 49.9 Å². The third-order valence-corrected chi connectivity index (χ3v) is 6.05. The number of nitrogens with zero attached hydrogens (tertiary/aromatic N) is 7. The van der Waals surface area contributed by atoms with Crippen LogP contribution in [0.2, 0.25) is 0 Å². The number of hydrogen-bond acceptors (Lipinski definition) is 7. The minimum absolute atomic E-state index is 0.674. The number of ether oxygens (including phenoxy) is 1. The van der Waals surface area contributed by atoms with Gasteiger partial charge in [-0.3, -0.25) is 4.68 Å². The standard InChI is InChI=1S/C24H24N8O/c1-30-15-25-20-12-18(5-6-21(20)30)27-23-13-19(28-24(29-23)32-7-9-33-10-8-32)16-3-4-17-14-26-31(2)22(17)11-16/h3-6,11-15H,7-10H2,1-2H3,(H,27,28,29). The average Bonchev–Trinajstić information content (AvgIpc) is 3.41. The highest BCUT2D eigenvalue weighted by molar-refractivity contribution is 5.85. The van der Waals surface area contributed by atoms with E-state index in [9.17, 15) is 0 Å². The van der Waals surface area contributed by atoms with Crippen LogP contribution < -0.4 is 10.2 Å². The average molecular weight is 441 g/mol. The SMILES string of the molecule is Cn1cnc2cc(Nc3cc(-c4ccc5cnn(C)c5c4)nc(N4CCOCC4)n3)ccc21. The van der Waals surface area contributed by atoms with Gasteiger partial charge < -0.3 is 19.5 Å². The quantitative estimate of drug-likeness (QED) is 0.458. The molecule has 0 aliphatic carbocycles. The lowest BCUT2D eigenvalue weighted by molar-refractivity contribution is 0.122. The van der Waals surface area contributed by atoms with Crippen molar-refractivity contribution in [1.82, 2.24) is 29.3 Å². The summed E-state index contributed by atoms with van der Waals surface area (Å²) in [6, 6.07) is 14.4. The van der Waals surface area contributed by atoms with Crippen molar-refractivity contribution >= 4 is 39.4 Å². The molecule has 166 valence electrons. The number of imidazole rings is 1. The van der Waals surface area contributed by atoms with Crippen LogP contribution in [0.5, 0.6) is 0 Å². The van der Waals surface area contributed by atoms with Gasteiger partial charge in [-0.25, -0.2) is 9.97 Å². The monoisotopic (exact) mass is 440 g/mol. The number of benzene rings is 2. The van der Waals surface area contributed by atoms with Gasteiger partial charge in [0.2, 0.25) is 5.95 Å². The van der Waals surface area contributed by atoms with Gasteiger partial charge in [0.25, 0.3) is 0 Å². The van der Waals surface area contributed by atoms with Crippen LogP contribution in [0.3, 0.4) is 0 Å². The Kier molecular flexibility index (Phi) is 4.69. The first-order valence-corrected chi connectivity index (χ1v) is 11.0. The van der Waals surface area contributed by atoms with Crippen LogP contribution in [0.25, 0.3) is 33.2 Å². The maximum Gasteiger partial charge on any atom is 0.228 e. The molecule has 1 N–H and O–H groups in total. The zero-order chi connectivity index (χ0) is 22.4. The molecule has 1 aliphatic heterocycles. The molecule has 0 unspecified atom stereocenters. The molecule has 0 spiro atoms. The summed E-state index contributed by atoms with van der Waals surface area (Å²) in [5.74, 6) is 1.43. The molecular weight excluding hydrogens is 416 g/mol. The topological polar surface area (TPSA) is 85.9 Å². The van der Waals surface area contributed by atoms with Crippen molar-refractivity contribution in [3.05, 3.63) is 55.0 Å². The van der Waals surface area contributed by atoms with Gasteiger partial charge in [-0.2, -0.15) is 10.1 Å². The Morgan fingerprint density at radius 3 is 2.70 bits per heavy atom. The molecule has 0 amide bonds. The van der Waals surface area contributed by atoms with Crippen LogP contribution in [-0.2, 0) is 18.8 Å².